The number of rotatable bonds is 6. The van der Waals surface area contributed by atoms with E-state index in [1.807, 2.05) is 19.1 Å². The van der Waals surface area contributed by atoms with Crippen LogP contribution >= 0.6 is 0 Å². The molecule has 1 aromatic carbocycles. The number of nitrogens with zero attached hydrogens (tertiary/aromatic N) is 8. The topological polar surface area (TPSA) is 120 Å². The second-order valence-electron chi connectivity index (χ2n) is 11.4. The fraction of sp³-hybridized carbons (Fsp3) is 0.533. The van der Waals surface area contributed by atoms with Crippen molar-refractivity contribution >= 4 is 28.4 Å². The number of aromatic nitrogens is 3. The van der Waals surface area contributed by atoms with E-state index in [0.29, 0.717) is 18.7 Å². The summed E-state index contributed by atoms with van der Waals surface area (Å²) < 4.78 is 11.9. The maximum absolute atomic E-state index is 9.55. The van der Waals surface area contributed by atoms with Crippen molar-refractivity contribution in [1.82, 2.24) is 19.9 Å². The zero-order valence-electron chi connectivity index (χ0n) is 24.1. The Hall–Kier alpha value is -3.56. The predicted octanol–water partition coefficient (Wildman–Crippen LogP) is 1.78. The number of hydrogen-bond donors (Lipinski definition) is 1. The molecule has 0 radical (unpaired) electrons. The summed E-state index contributed by atoms with van der Waals surface area (Å²) in [5, 5.41) is 10.6. The van der Waals surface area contributed by atoms with Gasteiger partial charge in [0.05, 0.1) is 35.4 Å². The van der Waals surface area contributed by atoms with Crippen molar-refractivity contribution < 1.29 is 9.47 Å². The van der Waals surface area contributed by atoms with Crippen LogP contribution in [0.15, 0.2) is 36.5 Å². The van der Waals surface area contributed by atoms with E-state index in [1.54, 1.807) is 13.3 Å². The molecule has 0 unspecified atom stereocenters. The Morgan fingerprint density at radius 3 is 2.63 bits per heavy atom. The Balaban J connectivity index is 1.09. The number of nitrogens with two attached hydrogens (primary N) is 1. The van der Waals surface area contributed by atoms with Gasteiger partial charge in [0, 0.05) is 95.0 Å². The van der Waals surface area contributed by atoms with Crippen molar-refractivity contribution in [3.05, 3.63) is 47.8 Å². The summed E-state index contributed by atoms with van der Waals surface area (Å²) in [5.41, 5.74) is 9.68. The van der Waals surface area contributed by atoms with Gasteiger partial charge in [-0.2, -0.15) is 10.2 Å². The quantitative estimate of drug-likeness (QED) is 0.478. The van der Waals surface area contributed by atoms with E-state index in [4.69, 9.17) is 25.2 Å². The molecule has 11 nitrogen and oxygen atoms in total. The van der Waals surface area contributed by atoms with Gasteiger partial charge in [-0.15, -0.1) is 0 Å². The highest BCUT2D eigenvalue weighted by Gasteiger charge is 2.33. The lowest BCUT2D eigenvalue weighted by Crippen LogP contribution is -2.54. The summed E-state index contributed by atoms with van der Waals surface area (Å²) in [5.74, 6) is 1.70. The number of aryl methyl sites for hydroxylation is 1. The first kappa shape index (κ1) is 27.6. The molecule has 216 valence electrons. The number of morpholine rings is 1. The van der Waals surface area contributed by atoms with Crippen molar-refractivity contribution in [2.24, 2.45) is 5.73 Å². The van der Waals surface area contributed by atoms with E-state index in [-0.39, 0.29) is 24.4 Å². The molecule has 5 heterocycles. The van der Waals surface area contributed by atoms with E-state index in [9.17, 15) is 5.26 Å². The molecule has 6 rings (SSSR count). The number of benzene rings is 1. The smallest absolute Gasteiger partial charge is 0.227 e. The molecule has 0 bridgehead atoms. The minimum Gasteiger partial charge on any atom is -0.378 e. The first-order valence-electron chi connectivity index (χ1n) is 14.5. The molecule has 3 saturated heterocycles. The molecule has 0 amide bonds. The number of methoxy groups -OCH3 is 1. The van der Waals surface area contributed by atoms with Crippen LogP contribution in [0.2, 0.25) is 0 Å². The molecule has 0 spiro atoms. The van der Waals surface area contributed by atoms with Gasteiger partial charge < -0.3 is 29.9 Å². The third-order valence-corrected chi connectivity index (χ3v) is 8.42. The number of piperazine rings is 1. The third-order valence-electron chi connectivity index (χ3n) is 8.42. The lowest BCUT2D eigenvalue weighted by atomic mass is 10.1. The number of fused-ring (bicyclic) bond motifs is 1. The van der Waals surface area contributed by atoms with Gasteiger partial charge in [0.15, 0.2) is 0 Å². The maximum Gasteiger partial charge on any atom is 0.227 e. The van der Waals surface area contributed by atoms with E-state index in [2.05, 4.69) is 55.8 Å². The van der Waals surface area contributed by atoms with Crippen LogP contribution in [0.25, 0.3) is 10.9 Å². The molecule has 41 heavy (non-hydrogen) atoms. The van der Waals surface area contributed by atoms with Gasteiger partial charge in [0.1, 0.15) is 11.9 Å². The fourth-order valence-corrected chi connectivity index (χ4v) is 6.37. The molecule has 0 saturated carbocycles. The number of nitriles is 1. The van der Waals surface area contributed by atoms with Crippen LogP contribution in [-0.2, 0) is 9.47 Å². The monoisotopic (exact) mass is 557 g/mol. The molecule has 3 aromatic rings. The van der Waals surface area contributed by atoms with E-state index in [0.717, 1.165) is 79.9 Å². The molecular formula is C30H39N9O2. The number of hydrogen-bond acceptors (Lipinski definition) is 11. The van der Waals surface area contributed by atoms with Gasteiger partial charge in [-0.1, -0.05) is 0 Å². The Morgan fingerprint density at radius 1 is 1.05 bits per heavy atom. The molecule has 4 atom stereocenters. The summed E-state index contributed by atoms with van der Waals surface area (Å²) in [6.45, 7) is 11.7. The van der Waals surface area contributed by atoms with Crippen LogP contribution in [0, 0.1) is 18.3 Å². The average Bonchev–Trinajstić information content (AvgIpc) is 3.37. The third kappa shape index (κ3) is 5.78. The van der Waals surface area contributed by atoms with Gasteiger partial charge >= 0.3 is 0 Å². The molecule has 3 aliphatic heterocycles. The Kier molecular flexibility index (Phi) is 7.90. The van der Waals surface area contributed by atoms with E-state index >= 15 is 0 Å². The van der Waals surface area contributed by atoms with Crippen molar-refractivity contribution in [3.63, 3.8) is 0 Å². The zero-order valence-corrected chi connectivity index (χ0v) is 24.1. The summed E-state index contributed by atoms with van der Waals surface area (Å²) in [7, 11) is 1.71. The number of pyridine rings is 1. The Morgan fingerprint density at radius 2 is 1.88 bits per heavy atom. The van der Waals surface area contributed by atoms with Crippen LogP contribution in [0.4, 0.5) is 17.5 Å². The second kappa shape index (κ2) is 11.7. The summed E-state index contributed by atoms with van der Waals surface area (Å²) in [6.07, 6.45) is 1.95. The van der Waals surface area contributed by atoms with Crippen LogP contribution < -0.4 is 20.4 Å². The van der Waals surface area contributed by atoms with Crippen LogP contribution in [0.5, 0.6) is 0 Å². The van der Waals surface area contributed by atoms with Crippen molar-refractivity contribution in [2.45, 2.75) is 38.2 Å². The molecule has 3 fully saturated rings. The minimum atomic E-state index is -0.0379. The van der Waals surface area contributed by atoms with E-state index < -0.39 is 0 Å². The Labute approximate surface area is 241 Å². The van der Waals surface area contributed by atoms with Gasteiger partial charge in [-0.25, -0.2) is 4.98 Å². The minimum absolute atomic E-state index is 0.000874. The van der Waals surface area contributed by atoms with Crippen LogP contribution in [0.1, 0.15) is 18.2 Å². The van der Waals surface area contributed by atoms with Gasteiger partial charge in [0.2, 0.25) is 5.95 Å². The normalized spacial score (nSPS) is 25.6. The molecule has 2 aromatic heterocycles. The zero-order chi connectivity index (χ0) is 28.5. The summed E-state index contributed by atoms with van der Waals surface area (Å²) in [6, 6.07) is 12.2. The van der Waals surface area contributed by atoms with Crippen molar-refractivity contribution in [2.75, 3.05) is 80.7 Å². The predicted molar refractivity (Wildman–Crippen MR) is 159 cm³/mol. The number of ether oxygens (including phenoxy) is 2. The second-order valence-corrected chi connectivity index (χ2v) is 11.4. The number of anilines is 3. The lowest BCUT2D eigenvalue weighted by molar-refractivity contribution is -0.0327. The summed E-state index contributed by atoms with van der Waals surface area (Å²) >= 11 is 0. The first-order valence-corrected chi connectivity index (χ1v) is 14.5. The van der Waals surface area contributed by atoms with Gasteiger partial charge in [0.25, 0.3) is 0 Å². The van der Waals surface area contributed by atoms with Crippen molar-refractivity contribution in [3.8, 4) is 6.07 Å². The molecule has 11 heteroatoms. The highest BCUT2D eigenvalue weighted by atomic mass is 16.5. The SMILES string of the molecule is CO[C@@H]1CN(c2nc(C)cc(N3CCN(C[C@H]4CN(c5ccc(C#N)c6ncccc56)C[C@@H](C)O4)CC3)n2)C[C@H]1N. The average molecular weight is 558 g/mol. The van der Waals surface area contributed by atoms with E-state index in [1.165, 1.54) is 0 Å². The lowest BCUT2D eigenvalue weighted by Gasteiger charge is -2.42. The van der Waals surface area contributed by atoms with Gasteiger partial charge in [-0.05, 0) is 38.1 Å². The molecule has 0 aliphatic carbocycles. The molecule has 2 N–H and O–H groups in total. The highest BCUT2D eigenvalue weighted by molar-refractivity contribution is 5.95. The van der Waals surface area contributed by atoms with Crippen LogP contribution in [0.3, 0.4) is 0 Å². The summed E-state index contributed by atoms with van der Waals surface area (Å²) in [4.78, 5) is 23.5. The van der Waals surface area contributed by atoms with Gasteiger partial charge in [-0.3, -0.25) is 9.88 Å². The highest BCUT2D eigenvalue weighted by Crippen LogP contribution is 2.30. The maximum atomic E-state index is 9.55. The first-order chi connectivity index (χ1) is 19.9. The molecule has 3 aliphatic rings. The fourth-order valence-electron chi connectivity index (χ4n) is 6.37. The standard InChI is InChI=1S/C30H39N9O2/c1-20-13-28(35-30(34-20)39-18-25(32)27(19-39)40-3)37-11-9-36(10-12-37)16-23-17-38(15-21(2)41-23)26-7-6-22(14-31)29-24(26)5-4-8-33-29/h4-8,13,21,23,25,27H,9-12,15-19,32H2,1-3H3/t21-,23+,25-,27-/m1/s1. The Bertz CT molecular complexity index is 1420. The molecular weight excluding hydrogens is 518 g/mol. The largest absolute Gasteiger partial charge is 0.378 e. The van der Waals surface area contributed by atoms with Crippen LogP contribution in [-0.4, -0.2) is 110 Å². The van der Waals surface area contributed by atoms with Crippen molar-refractivity contribution in [1.29, 1.82) is 5.26 Å².